The minimum Gasteiger partial charge on any atom is -0.456 e. The van der Waals surface area contributed by atoms with E-state index in [1.165, 1.54) is 55.3 Å². The Kier molecular flexibility index (Phi) is 6.56. The Morgan fingerprint density at radius 3 is 1.84 bits per heavy atom. The van der Waals surface area contributed by atoms with Gasteiger partial charge in [-0.05, 0) is 97.7 Å². The number of fused-ring (bicyclic) bond motifs is 10. The predicted octanol–water partition coefficient (Wildman–Crippen LogP) is 13.7. The summed E-state index contributed by atoms with van der Waals surface area (Å²) in [5.41, 5.74) is 15.4. The zero-order valence-corrected chi connectivity index (χ0v) is 28.6. The Balaban J connectivity index is 1.16. The van der Waals surface area contributed by atoms with Crippen molar-refractivity contribution in [1.29, 1.82) is 0 Å². The lowest BCUT2D eigenvalue weighted by molar-refractivity contribution is 0.488. The van der Waals surface area contributed by atoms with Crippen molar-refractivity contribution in [2.75, 3.05) is 4.90 Å². The molecule has 51 heavy (non-hydrogen) atoms. The SMILES string of the molecule is CC1(C)c2ccccc2-c2ccc(N(c3ccc(-c4ccccc4)cc3)c3ccc4c(c3)Oc3ccc5ccccc5c3-c3ccccc3-4)cc21. The van der Waals surface area contributed by atoms with Crippen LogP contribution in [0.4, 0.5) is 17.1 Å². The van der Waals surface area contributed by atoms with Gasteiger partial charge in [-0.2, -0.15) is 0 Å². The van der Waals surface area contributed by atoms with Crippen molar-refractivity contribution in [2.45, 2.75) is 19.3 Å². The minimum absolute atomic E-state index is 0.113. The van der Waals surface area contributed by atoms with E-state index < -0.39 is 0 Å². The molecule has 0 unspecified atom stereocenters. The average Bonchev–Trinajstić information content (AvgIpc) is 3.31. The van der Waals surface area contributed by atoms with Crippen LogP contribution in [0, 0.1) is 0 Å². The molecule has 0 spiro atoms. The molecule has 2 nitrogen and oxygen atoms in total. The van der Waals surface area contributed by atoms with Gasteiger partial charge >= 0.3 is 0 Å². The number of hydrogen-bond donors (Lipinski definition) is 0. The molecule has 8 aromatic rings. The van der Waals surface area contributed by atoms with Crippen LogP contribution in [-0.2, 0) is 5.41 Å². The van der Waals surface area contributed by atoms with Crippen LogP contribution in [0.3, 0.4) is 0 Å². The van der Waals surface area contributed by atoms with Crippen LogP contribution in [0.1, 0.15) is 25.0 Å². The third-order valence-corrected chi connectivity index (χ3v) is 10.9. The number of nitrogens with zero attached hydrogens (tertiary/aromatic N) is 1. The highest BCUT2D eigenvalue weighted by Crippen LogP contribution is 2.53. The van der Waals surface area contributed by atoms with Gasteiger partial charge in [0.15, 0.2) is 0 Å². The van der Waals surface area contributed by atoms with Crippen molar-refractivity contribution >= 4 is 27.8 Å². The fourth-order valence-corrected chi connectivity index (χ4v) is 8.34. The normalized spacial score (nSPS) is 13.2. The molecule has 8 aromatic carbocycles. The highest BCUT2D eigenvalue weighted by atomic mass is 16.5. The van der Waals surface area contributed by atoms with Crippen molar-refractivity contribution < 1.29 is 4.74 Å². The van der Waals surface area contributed by atoms with Crippen LogP contribution in [0.5, 0.6) is 11.5 Å². The lowest BCUT2D eigenvalue weighted by atomic mass is 9.82. The number of rotatable bonds is 4. The van der Waals surface area contributed by atoms with E-state index in [2.05, 4.69) is 195 Å². The Bertz CT molecular complexity index is 2630. The maximum absolute atomic E-state index is 6.96. The highest BCUT2D eigenvalue weighted by Gasteiger charge is 2.36. The number of anilines is 3. The smallest absolute Gasteiger partial charge is 0.137 e. The van der Waals surface area contributed by atoms with Gasteiger partial charge < -0.3 is 9.64 Å². The van der Waals surface area contributed by atoms with Gasteiger partial charge in [0.05, 0.1) is 0 Å². The molecular weight excluding hydrogens is 619 g/mol. The quantitative estimate of drug-likeness (QED) is 0.187. The summed E-state index contributed by atoms with van der Waals surface area (Å²) in [6.45, 7) is 4.69. The molecule has 1 aliphatic heterocycles. The molecule has 1 aliphatic carbocycles. The summed E-state index contributed by atoms with van der Waals surface area (Å²) in [6.07, 6.45) is 0. The second kappa shape index (κ2) is 11.3. The maximum Gasteiger partial charge on any atom is 0.137 e. The zero-order chi connectivity index (χ0) is 34.1. The summed E-state index contributed by atoms with van der Waals surface area (Å²) < 4.78 is 6.96. The Hall–Kier alpha value is -6.38. The third kappa shape index (κ3) is 4.64. The summed E-state index contributed by atoms with van der Waals surface area (Å²) in [6, 6.07) is 63.5. The van der Waals surface area contributed by atoms with Gasteiger partial charge in [-0.25, -0.2) is 0 Å². The van der Waals surface area contributed by atoms with Gasteiger partial charge in [-0.1, -0.05) is 141 Å². The van der Waals surface area contributed by atoms with E-state index >= 15 is 0 Å². The van der Waals surface area contributed by atoms with E-state index in [0.717, 1.165) is 39.7 Å². The number of hydrogen-bond acceptors (Lipinski definition) is 2. The standard InChI is InChI=1S/C49H35NO/c1-49(2)44-19-11-10-17-40(44)41-27-25-36(30-45(41)49)50(35-23-20-33(21-24-35)32-12-4-3-5-13-32)37-26-28-42-39-16-8-9-18-43(39)48-38-15-7-6-14-34(38)22-29-46(48)51-47(42)31-37/h3-31H,1-2H3. The summed E-state index contributed by atoms with van der Waals surface area (Å²) in [5, 5.41) is 2.39. The fraction of sp³-hybridized carbons (Fsp3) is 0.0612. The molecule has 0 aromatic heterocycles. The summed E-state index contributed by atoms with van der Waals surface area (Å²) >= 11 is 0. The van der Waals surface area contributed by atoms with Crippen LogP contribution < -0.4 is 9.64 Å². The van der Waals surface area contributed by atoms with E-state index in [0.29, 0.717) is 0 Å². The molecule has 0 saturated heterocycles. The van der Waals surface area contributed by atoms with E-state index in [1.807, 2.05) is 0 Å². The molecule has 0 N–H and O–H groups in total. The van der Waals surface area contributed by atoms with Gasteiger partial charge in [-0.3, -0.25) is 0 Å². The zero-order valence-electron chi connectivity index (χ0n) is 28.6. The Morgan fingerprint density at radius 2 is 1.02 bits per heavy atom. The first kappa shape index (κ1) is 29.5. The molecule has 2 heteroatoms. The van der Waals surface area contributed by atoms with Gasteiger partial charge in [0.2, 0.25) is 0 Å². The van der Waals surface area contributed by atoms with Crippen LogP contribution in [0.2, 0.25) is 0 Å². The van der Waals surface area contributed by atoms with Crippen LogP contribution in [0.15, 0.2) is 176 Å². The molecule has 0 fully saturated rings. The van der Waals surface area contributed by atoms with Crippen molar-refractivity contribution in [3.63, 3.8) is 0 Å². The first-order valence-corrected chi connectivity index (χ1v) is 17.7. The monoisotopic (exact) mass is 653 g/mol. The predicted molar refractivity (Wildman–Crippen MR) is 213 cm³/mol. The van der Waals surface area contributed by atoms with Crippen molar-refractivity contribution in [3.05, 3.63) is 187 Å². The number of benzene rings is 8. The van der Waals surface area contributed by atoms with Gasteiger partial charge in [0, 0.05) is 39.7 Å². The molecule has 0 bridgehead atoms. The van der Waals surface area contributed by atoms with E-state index in [9.17, 15) is 0 Å². The first-order chi connectivity index (χ1) is 25.0. The van der Waals surface area contributed by atoms with Crippen LogP contribution in [0.25, 0.3) is 55.3 Å². The lowest BCUT2D eigenvalue weighted by Crippen LogP contribution is -2.16. The highest BCUT2D eigenvalue weighted by molar-refractivity contribution is 6.05. The van der Waals surface area contributed by atoms with Crippen molar-refractivity contribution in [1.82, 2.24) is 0 Å². The Labute approximate surface area is 298 Å². The van der Waals surface area contributed by atoms with Gasteiger partial charge in [-0.15, -0.1) is 0 Å². The fourth-order valence-electron chi connectivity index (χ4n) is 8.34. The molecule has 0 radical (unpaired) electrons. The minimum atomic E-state index is -0.113. The summed E-state index contributed by atoms with van der Waals surface area (Å²) in [5.74, 6) is 1.71. The number of ether oxygens (including phenoxy) is 1. The van der Waals surface area contributed by atoms with Gasteiger partial charge in [0.25, 0.3) is 0 Å². The molecule has 10 rings (SSSR count). The maximum atomic E-state index is 6.96. The van der Waals surface area contributed by atoms with Crippen LogP contribution in [-0.4, -0.2) is 0 Å². The molecule has 242 valence electrons. The first-order valence-electron chi connectivity index (χ1n) is 17.7. The second-order valence-corrected chi connectivity index (χ2v) is 14.1. The lowest BCUT2D eigenvalue weighted by Gasteiger charge is -2.29. The third-order valence-electron chi connectivity index (χ3n) is 10.9. The molecule has 2 aliphatic rings. The molecular formula is C49H35NO. The second-order valence-electron chi connectivity index (χ2n) is 14.1. The van der Waals surface area contributed by atoms with E-state index in [-0.39, 0.29) is 5.41 Å². The van der Waals surface area contributed by atoms with Gasteiger partial charge in [0.1, 0.15) is 11.5 Å². The van der Waals surface area contributed by atoms with Crippen molar-refractivity contribution in [2.24, 2.45) is 0 Å². The average molecular weight is 654 g/mol. The largest absolute Gasteiger partial charge is 0.456 e. The van der Waals surface area contributed by atoms with Crippen LogP contribution >= 0.6 is 0 Å². The summed E-state index contributed by atoms with van der Waals surface area (Å²) in [7, 11) is 0. The summed E-state index contributed by atoms with van der Waals surface area (Å²) in [4.78, 5) is 2.37. The van der Waals surface area contributed by atoms with E-state index in [4.69, 9.17) is 4.74 Å². The molecule has 1 heterocycles. The molecule has 0 atom stereocenters. The Morgan fingerprint density at radius 1 is 0.412 bits per heavy atom. The van der Waals surface area contributed by atoms with Crippen molar-refractivity contribution in [3.8, 4) is 56.0 Å². The van der Waals surface area contributed by atoms with E-state index in [1.54, 1.807) is 0 Å². The molecule has 0 saturated carbocycles. The molecule has 0 amide bonds. The topological polar surface area (TPSA) is 12.5 Å².